The van der Waals surface area contributed by atoms with Crippen LogP contribution in [-0.4, -0.2) is 62.3 Å². The van der Waals surface area contributed by atoms with Crippen LogP contribution in [0.3, 0.4) is 0 Å². The van der Waals surface area contributed by atoms with Gasteiger partial charge >= 0.3 is 0 Å². The maximum Gasteiger partial charge on any atom is 0.280 e. The summed E-state index contributed by atoms with van der Waals surface area (Å²) in [5.74, 6) is 1.00. The first kappa shape index (κ1) is 27.5. The molecule has 5 aromatic rings. The highest BCUT2D eigenvalue weighted by Crippen LogP contribution is 2.51. The molecule has 0 amide bonds. The molecule has 0 spiro atoms. The number of nitrogen functional groups attached to an aromatic ring is 1. The highest BCUT2D eigenvalue weighted by atomic mass is 16.5. The van der Waals surface area contributed by atoms with Gasteiger partial charge in [0.25, 0.3) is 5.56 Å². The van der Waals surface area contributed by atoms with Gasteiger partial charge in [0.05, 0.1) is 32.1 Å². The SMILES string of the molecule is COc1ccccc1C(c1ccccc1)(c1ccccc1OC)C(O)[C@H]1O[C@@H](n2cnc3c(=O)[nH]c(N)nc32)C[C@@H]1O. The number of imidazole rings is 1. The lowest BCUT2D eigenvalue weighted by Crippen LogP contribution is -2.51. The molecule has 1 unspecified atom stereocenters. The summed E-state index contributed by atoms with van der Waals surface area (Å²) in [6, 6.07) is 24.4. The molecule has 0 aliphatic carbocycles. The Labute approximate surface area is 241 Å². The molecule has 216 valence electrons. The van der Waals surface area contributed by atoms with E-state index in [0.29, 0.717) is 22.6 Å². The van der Waals surface area contributed by atoms with Crippen molar-refractivity contribution in [1.82, 2.24) is 19.5 Å². The number of ether oxygens (including phenoxy) is 3. The molecule has 3 aromatic carbocycles. The predicted molar refractivity (Wildman–Crippen MR) is 155 cm³/mol. The minimum Gasteiger partial charge on any atom is -0.496 e. The van der Waals surface area contributed by atoms with Crippen molar-refractivity contribution in [3.8, 4) is 11.5 Å². The molecule has 42 heavy (non-hydrogen) atoms. The van der Waals surface area contributed by atoms with Crippen molar-refractivity contribution in [3.63, 3.8) is 0 Å². The van der Waals surface area contributed by atoms with E-state index in [2.05, 4.69) is 15.0 Å². The second kappa shape index (κ2) is 10.9. The average Bonchev–Trinajstić information content (AvgIpc) is 3.62. The van der Waals surface area contributed by atoms with Gasteiger partial charge in [0, 0.05) is 17.5 Å². The molecule has 5 N–H and O–H groups in total. The van der Waals surface area contributed by atoms with E-state index in [9.17, 15) is 15.0 Å². The van der Waals surface area contributed by atoms with Crippen LogP contribution in [0.2, 0.25) is 0 Å². The predicted octanol–water partition coefficient (Wildman–Crippen LogP) is 2.76. The summed E-state index contributed by atoms with van der Waals surface area (Å²) in [6.07, 6.45) is -2.82. The van der Waals surface area contributed by atoms with E-state index in [-0.39, 0.29) is 23.5 Å². The normalized spacial score (nSPS) is 19.6. The molecule has 11 heteroatoms. The summed E-state index contributed by atoms with van der Waals surface area (Å²) < 4.78 is 19.7. The van der Waals surface area contributed by atoms with Crippen LogP contribution >= 0.6 is 0 Å². The van der Waals surface area contributed by atoms with Gasteiger partial charge in [0.2, 0.25) is 5.95 Å². The smallest absolute Gasteiger partial charge is 0.280 e. The number of para-hydroxylation sites is 2. The number of hydrogen-bond donors (Lipinski definition) is 4. The van der Waals surface area contributed by atoms with Crippen LogP contribution in [0.4, 0.5) is 5.95 Å². The first-order valence-corrected chi connectivity index (χ1v) is 13.5. The van der Waals surface area contributed by atoms with Crippen molar-refractivity contribution < 1.29 is 24.4 Å². The standard InChI is InChI=1S/C31H31N5O6/c1-40-22-14-8-6-12-19(22)31(18-10-4-3-5-11-18,20-13-7-9-15-23(20)41-2)27(38)26-21(37)16-24(42-26)36-17-33-25-28(36)34-30(32)35-29(25)39/h3-15,17,21,24,26-27,37-38H,16H2,1-2H3,(H3,32,34,35,39)/t21-,24+,26-,27?/m0/s1. The summed E-state index contributed by atoms with van der Waals surface area (Å²) in [6.45, 7) is 0. The van der Waals surface area contributed by atoms with Gasteiger partial charge in [-0.2, -0.15) is 4.98 Å². The number of benzene rings is 3. The molecule has 1 aliphatic heterocycles. The van der Waals surface area contributed by atoms with Crippen LogP contribution in [0, 0.1) is 0 Å². The van der Waals surface area contributed by atoms with Crippen molar-refractivity contribution in [3.05, 3.63) is 112 Å². The van der Waals surface area contributed by atoms with Crippen LogP contribution in [0.5, 0.6) is 11.5 Å². The number of aliphatic hydroxyl groups excluding tert-OH is 2. The molecule has 1 fully saturated rings. The van der Waals surface area contributed by atoms with Crippen molar-refractivity contribution in [2.24, 2.45) is 0 Å². The third kappa shape index (κ3) is 4.30. The van der Waals surface area contributed by atoms with E-state index in [4.69, 9.17) is 19.9 Å². The van der Waals surface area contributed by atoms with Crippen molar-refractivity contribution in [2.45, 2.75) is 36.4 Å². The van der Waals surface area contributed by atoms with Crippen molar-refractivity contribution in [1.29, 1.82) is 0 Å². The number of anilines is 1. The number of fused-ring (bicyclic) bond motifs is 1. The minimum atomic E-state index is -1.36. The Morgan fingerprint density at radius 1 is 1.00 bits per heavy atom. The highest BCUT2D eigenvalue weighted by Gasteiger charge is 2.54. The number of aliphatic hydroxyl groups is 2. The average molecular weight is 570 g/mol. The number of nitrogens with one attached hydrogen (secondary N) is 1. The molecule has 11 nitrogen and oxygen atoms in total. The minimum absolute atomic E-state index is 0.0696. The molecular weight excluding hydrogens is 538 g/mol. The van der Waals surface area contributed by atoms with Gasteiger partial charge in [0.15, 0.2) is 11.2 Å². The quantitative estimate of drug-likeness (QED) is 0.206. The second-order valence-corrected chi connectivity index (χ2v) is 10.2. The van der Waals surface area contributed by atoms with Gasteiger partial charge in [0.1, 0.15) is 29.9 Å². The third-order valence-corrected chi connectivity index (χ3v) is 7.95. The topological polar surface area (TPSA) is 158 Å². The largest absolute Gasteiger partial charge is 0.496 e. The van der Waals surface area contributed by atoms with E-state index in [0.717, 1.165) is 5.56 Å². The lowest BCUT2D eigenvalue weighted by atomic mass is 9.63. The zero-order chi connectivity index (χ0) is 29.4. The lowest BCUT2D eigenvalue weighted by molar-refractivity contribution is -0.0963. The fourth-order valence-corrected chi connectivity index (χ4v) is 6.12. The second-order valence-electron chi connectivity index (χ2n) is 10.2. The number of nitrogens with zero attached hydrogens (tertiary/aromatic N) is 3. The number of aromatic amines is 1. The fraction of sp³-hybridized carbons (Fsp3) is 0.258. The van der Waals surface area contributed by atoms with Gasteiger partial charge in [-0.3, -0.25) is 14.3 Å². The monoisotopic (exact) mass is 569 g/mol. The van der Waals surface area contributed by atoms with Crippen LogP contribution in [0.1, 0.15) is 29.3 Å². The summed E-state index contributed by atoms with van der Waals surface area (Å²) in [5.41, 5.74) is 6.35. The van der Waals surface area contributed by atoms with Crippen LogP contribution < -0.4 is 20.8 Å². The van der Waals surface area contributed by atoms with Gasteiger partial charge < -0.3 is 30.2 Å². The third-order valence-electron chi connectivity index (χ3n) is 7.95. The molecule has 0 radical (unpaired) electrons. The maximum absolute atomic E-state index is 12.6. The van der Waals surface area contributed by atoms with E-state index >= 15 is 0 Å². The highest BCUT2D eigenvalue weighted by molar-refractivity contribution is 5.70. The molecule has 1 saturated heterocycles. The molecule has 6 rings (SSSR count). The van der Waals surface area contributed by atoms with Crippen molar-refractivity contribution in [2.75, 3.05) is 20.0 Å². The summed E-state index contributed by atoms with van der Waals surface area (Å²) >= 11 is 0. The van der Waals surface area contributed by atoms with Gasteiger partial charge in [-0.25, -0.2) is 4.98 Å². The number of rotatable bonds is 8. The number of H-pyrrole nitrogens is 1. The Balaban J connectivity index is 1.55. The maximum atomic E-state index is 12.6. The number of nitrogens with two attached hydrogens (primary N) is 1. The first-order valence-electron chi connectivity index (χ1n) is 13.5. The van der Waals surface area contributed by atoms with E-state index in [1.165, 1.54) is 6.33 Å². The molecule has 3 heterocycles. The van der Waals surface area contributed by atoms with Crippen LogP contribution in [-0.2, 0) is 10.2 Å². The zero-order valence-electron chi connectivity index (χ0n) is 23.0. The summed E-state index contributed by atoms with van der Waals surface area (Å²) in [7, 11) is 3.15. The Bertz CT molecular complexity index is 1720. The van der Waals surface area contributed by atoms with E-state index in [1.807, 2.05) is 78.9 Å². The number of hydrogen-bond acceptors (Lipinski definition) is 9. The van der Waals surface area contributed by atoms with Crippen LogP contribution in [0.25, 0.3) is 11.2 Å². The molecule has 1 aliphatic rings. The van der Waals surface area contributed by atoms with Gasteiger partial charge in [-0.05, 0) is 17.7 Å². The fourth-order valence-electron chi connectivity index (χ4n) is 6.12. The Morgan fingerprint density at radius 3 is 2.21 bits per heavy atom. The van der Waals surface area contributed by atoms with E-state index in [1.54, 1.807) is 18.8 Å². The summed E-state index contributed by atoms with van der Waals surface area (Å²) in [4.78, 5) is 23.2. The summed E-state index contributed by atoms with van der Waals surface area (Å²) in [5, 5.41) is 24.1. The van der Waals surface area contributed by atoms with Crippen molar-refractivity contribution >= 4 is 17.1 Å². The molecule has 0 bridgehead atoms. The van der Waals surface area contributed by atoms with Gasteiger partial charge in [-0.15, -0.1) is 0 Å². The molecular formula is C31H31N5O6. The van der Waals surface area contributed by atoms with Gasteiger partial charge in [-0.1, -0.05) is 66.7 Å². The number of aromatic nitrogens is 4. The number of methoxy groups -OCH3 is 2. The Kier molecular flexibility index (Phi) is 7.15. The molecule has 4 atom stereocenters. The first-order chi connectivity index (χ1) is 20.4. The lowest BCUT2D eigenvalue weighted by Gasteiger charge is -2.43. The Hall–Kier alpha value is -4.71. The Morgan fingerprint density at radius 2 is 1.60 bits per heavy atom. The molecule has 2 aromatic heterocycles. The molecule has 0 saturated carbocycles. The van der Waals surface area contributed by atoms with E-state index < -0.39 is 35.5 Å². The van der Waals surface area contributed by atoms with Crippen LogP contribution in [0.15, 0.2) is 90.0 Å². The zero-order valence-corrected chi connectivity index (χ0v) is 23.0.